The van der Waals surface area contributed by atoms with Crippen LogP contribution in [0.25, 0.3) is 0 Å². The second-order valence-corrected chi connectivity index (χ2v) is 9.08. The van der Waals surface area contributed by atoms with Crippen molar-refractivity contribution in [1.82, 2.24) is 10.2 Å². The molecule has 0 bridgehead atoms. The van der Waals surface area contributed by atoms with Gasteiger partial charge in [-0.25, -0.2) is 0 Å². The smallest absolute Gasteiger partial charge is 0.242 e. The van der Waals surface area contributed by atoms with Gasteiger partial charge < -0.3 is 10.2 Å². The third-order valence-electron chi connectivity index (χ3n) is 4.37. The van der Waals surface area contributed by atoms with Crippen LogP contribution >= 0.6 is 39.3 Å². The molecule has 0 aliphatic rings. The van der Waals surface area contributed by atoms with Gasteiger partial charge in [-0.2, -0.15) is 0 Å². The van der Waals surface area contributed by atoms with Crippen LogP contribution in [-0.2, 0) is 21.9 Å². The van der Waals surface area contributed by atoms with Gasteiger partial charge in [0.2, 0.25) is 11.8 Å². The van der Waals surface area contributed by atoms with Crippen LogP contribution in [0.3, 0.4) is 0 Å². The summed E-state index contributed by atoms with van der Waals surface area (Å²) in [7, 11) is 0. The molecule has 0 spiro atoms. The number of thioether (sulfide) groups is 1. The first-order valence-corrected chi connectivity index (χ1v) is 11.9. The number of rotatable bonds is 10. The highest BCUT2D eigenvalue weighted by Gasteiger charge is 2.25. The zero-order valence-corrected chi connectivity index (χ0v) is 19.8. The van der Waals surface area contributed by atoms with Crippen LogP contribution < -0.4 is 5.32 Å². The van der Waals surface area contributed by atoms with E-state index in [1.807, 2.05) is 49.4 Å². The van der Waals surface area contributed by atoms with E-state index in [0.717, 1.165) is 27.8 Å². The van der Waals surface area contributed by atoms with E-state index >= 15 is 0 Å². The maximum atomic E-state index is 13.0. The van der Waals surface area contributed by atoms with Crippen LogP contribution in [0.2, 0.25) is 5.02 Å². The Morgan fingerprint density at radius 3 is 2.55 bits per heavy atom. The number of halogens is 2. The molecule has 2 aromatic carbocycles. The Morgan fingerprint density at radius 1 is 1.17 bits per heavy atom. The van der Waals surface area contributed by atoms with E-state index < -0.39 is 6.04 Å². The quantitative estimate of drug-likeness (QED) is 0.486. The summed E-state index contributed by atoms with van der Waals surface area (Å²) in [5, 5.41) is 3.50. The van der Waals surface area contributed by atoms with E-state index in [1.54, 1.807) is 29.7 Å². The summed E-state index contributed by atoms with van der Waals surface area (Å²) in [6, 6.07) is 14.9. The predicted octanol–water partition coefficient (Wildman–Crippen LogP) is 5.28. The van der Waals surface area contributed by atoms with Gasteiger partial charge in [-0.15, -0.1) is 11.8 Å². The Balaban J connectivity index is 2.04. The minimum Gasteiger partial charge on any atom is -0.354 e. The van der Waals surface area contributed by atoms with Crippen molar-refractivity contribution in [2.75, 3.05) is 12.3 Å². The van der Waals surface area contributed by atoms with Gasteiger partial charge in [-0.1, -0.05) is 58.7 Å². The van der Waals surface area contributed by atoms with E-state index in [9.17, 15) is 9.59 Å². The molecule has 0 heterocycles. The first-order chi connectivity index (χ1) is 13.9. The third kappa shape index (κ3) is 8.03. The van der Waals surface area contributed by atoms with Crippen LogP contribution in [0, 0.1) is 0 Å². The van der Waals surface area contributed by atoms with Crippen LogP contribution in [0.1, 0.15) is 31.4 Å². The summed E-state index contributed by atoms with van der Waals surface area (Å²) >= 11 is 11.1. The number of benzene rings is 2. The Morgan fingerprint density at radius 2 is 1.90 bits per heavy atom. The first-order valence-electron chi connectivity index (χ1n) is 9.54. The average Bonchev–Trinajstić information content (AvgIpc) is 2.71. The Kier molecular flexibility index (Phi) is 10.0. The molecule has 0 saturated carbocycles. The van der Waals surface area contributed by atoms with Gasteiger partial charge in [0, 0.05) is 28.3 Å². The molecule has 2 rings (SSSR count). The van der Waals surface area contributed by atoms with Gasteiger partial charge in [-0.3, -0.25) is 9.59 Å². The van der Waals surface area contributed by atoms with Crippen molar-refractivity contribution in [2.45, 2.75) is 38.6 Å². The van der Waals surface area contributed by atoms with Crippen molar-refractivity contribution >= 4 is 51.1 Å². The fourth-order valence-electron chi connectivity index (χ4n) is 2.73. The molecule has 2 amide bonds. The zero-order valence-electron chi connectivity index (χ0n) is 16.7. The van der Waals surface area contributed by atoms with E-state index in [1.165, 1.54) is 0 Å². The summed E-state index contributed by atoms with van der Waals surface area (Å²) in [5.41, 5.74) is 2.06. The molecule has 29 heavy (non-hydrogen) atoms. The first kappa shape index (κ1) is 23.8. The highest BCUT2D eigenvalue weighted by molar-refractivity contribution is 9.10. The van der Waals surface area contributed by atoms with Crippen LogP contribution in [0.4, 0.5) is 0 Å². The summed E-state index contributed by atoms with van der Waals surface area (Å²) in [4.78, 5) is 27.1. The highest BCUT2D eigenvalue weighted by atomic mass is 79.9. The molecule has 0 radical (unpaired) electrons. The standard InChI is InChI=1S/C22H26BrClN2O2S/c1-3-11-25-22(28)16(2)26(13-18-5-4-6-20(24)12-18)21(27)15-29-14-17-7-9-19(23)10-8-17/h4-10,12,16H,3,11,13-15H2,1-2H3,(H,25,28)/t16-/m1/s1. The number of nitrogens with one attached hydrogen (secondary N) is 1. The van der Waals surface area contributed by atoms with E-state index in [0.29, 0.717) is 23.9 Å². The lowest BCUT2D eigenvalue weighted by Gasteiger charge is -2.28. The van der Waals surface area contributed by atoms with Crippen molar-refractivity contribution in [1.29, 1.82) is 0 Å². The largest absolute Gasteiger partial charge is 0.354 e. The number of hydrogen-bond acceptors (Lipinski definition) is 3. The Labute approximate surface area is 190 Å². The lowest BCUT2D eigenvalue weighted by Crippen LogP contribution is -2.48. The third-order valence-corrected chi connectivity index (χ3v) is 6.12. The van der Waals surface area contributed by atoms with Crippen LogP contribution in [0.15, 0.2) is 53.0 Å². The van der Waals surface area contributed by atoms with Crippen molar-refractivity contribution in [2.24, 2.45) is 0 Å². The van der Waals surface area contributed by atoms with Crippen molar-refractivity contribution in [3.8, 4) is 0 Å². The van der Waals surface area contributed by atoms with Crippen LogP contribution in [0.5, 0.6) is 0 Å². The zero-order chi connectivity index (χ0) is 21.2. The topological polar surface area (TPSA) is 49.4 Å². The predicted molar refractivity (Wildman–Crippen MR) is 125 cm³/mol. The molecule has 0 aliphatic carbocycles. The number of carbonyl (C=O) groups is 2. The van der Waals surface area contributed by atoms with Gasteiger partial charge in [0.15, 0.2) is 0 Å². The summed E-state index contributed by atoms with van der Waals surface area (Å²) in [5.74, 6) is 0.842. The van der Waals surface area contributed by atoms with Gasteiger partial charge in [-0.05, 0) is 48.7 Å². The lowest BCUT2D eigenvalue weighted by atomic mass is 10.1. The van der Waals surface area contributed by atoms with Crippen molar-refractivity contribution in [3.63, 3.8) is 0 Å². The number of hydrogen-bond donors (Lipinski definition) is 1. The fraction of sp³-hybridized carbons (Fsp3) is 0.364. The molecular weight excluding hydrogens is 472 g/mol. The van der Waals surface area contributed by atoms with E-state index in [2.05, 4.69) is 21.2 Å². The SMILES string of the molecule is CCCNC(=O)[C@@H](C)N(Cc1cccc(Cl)c1)C(=O)CSCc1ccc(Br)cc1. The normalized spacial score (nSPS) is 11.7. The van der Waals surface area contributed by atoms with E-state index in [4.69, 9.17) is 11.6 Å². The molecule has 0 aromatic heterocycles. The molecule has 4 nitrogen and oxygen atoms in total. The van der Waals surface area contributed by atoms with Gasteiger partial charge in [0.05, 0.1) is 5.75 Å². The molecule has 0 saturated heterocycles. The number of carbonyl (C=O) groups excluding carboxylic acids is 2. The molecule has 1 atom stereocenters. The lowest BCUT2D eigenvalue weighted by molar-refractivity contribution is -0.138. The monoisotopic (exact) mass is 496 g/mol. The van der Waals surface area contributed by atoms with Gasteiger partial charge >= 0.3 is 0 Å². The van der Waals surface area contributed by atoms with E-state index in [-0.39, 0.29) is 11.8 Å². The molecular formula is C22H26BrClN2O2S. The van der Waals surface area contributed by atoms with Gasteiger partial charge in [0.25, 0.3) is 0 Å². The second kappa shape index (κ2) is 12.3. The number of amides is 2. The molecule has 156 valence electrons. The van der Waals surface area contributed by atoms with Crippen molar-refractivity contribution < 1.29 is 9.59 Å². The molecule has 7 heteroatoms. The van der Waals surface area contributed by atoms with Gasteiger partial charge in [0.1, 0.15) is 6.04 Å². The molecule has 0 aliphatic heterocycles. The second-order valence-electron chi connectivity index (χ2n) is 6.74. The maximum absolute atomic E-state index is 13.0. The maximum Gasteiger partial charge on any atom is 0.242 e. The molecule has 0 fully saturated rings. The number of nitrogens with zero attached hydrogens (tertiary/aromatic N) is 1. The Bertz CT molecular complexity index is 817. The minimum absolute atomic E-state index is 0.0637. The molecule has 2 aromatic rings. The highest BCUT2D eigenvalue weighted by Crippen LogP contribution is 2.19. The molecule has 1 N–H and O–H groups in total. The molecule has 0 unspecified atom stereocenters. The summed E-state index contributed by atoms with van der Waals surface area (Å²) in [6.45, 7) is 4.71. The summed E-state index contributed by atoms with van der Waals surface area (Å²) < 4.78 is 1.03. The van der Waals surface area contributed by atoms with Crippen LogP contribution in [-0.4, -0.2) is 35.1 Å². The minimum atomic E-state index is -0.554. The fourth-order valence-corrected chi connectivity index (χ4v) is 4.08. The Hall–Kier alpha value is -1.50. The summed E-state index contributed by atoms with van der Waals surface area (Å²) in [6.07, 6.45) is 0.851. The average molecular weight is 498 g/mol. The van der Waals surface area contributed by atoms with Crippen molar-refractivity contribution in [3.05, 3.63) is 69.2 Å².